The number of ether oxygens (including phenoxy) is 1. The molecule has 2 unspecified atom stereocenters. The van der Waals surface area contributed by atoms with Crippen molar-refractivity contribution in [3.05, 3.63) is 106 Å². The van der Waals surface area contributed by atoms with Crippen LogP contribution in [0.1, 0.15) is 103 Å². The lowest BCUT2D eigenvalue weighted by molar-refractivity contribution is -0.143. The highest BCUT2D eigenvalue weighted by atomic mass is 19.2. The van der Waals surface area contributed by atoms with Gasteiger partial charge in [-0.25, -0.2) is 22.4 Å². The average Bonchev–Trinajstić information content (AvgIpc) is 3.70. The number of nitrogens with two attached hydrogens (primary N) is 1. The molecule has 0 saturated carbocycles. The third kappa shape index (κ3) is 12.9. The number of halogens is 4. The predicted molar refractivity (Wildman–Crippen MR) is 215 cm³/mol. The lowest BCUT2D eigenvalue weighted by Gasteiger charge is -2.29. The summed E-state index contributed by atoms with van der Waals surface area (Å²) in [5, 5.41) is 23.2. The molecule has 0 aromatic heterocycles. The van der Waals surface area contributed by atoms with Crippen LogP contribution in [0.3, 0.4) is 0 Å². The van der Waals surface area contributed by atoms with Gasteiger partial charge in [0.2, 0.25) is 23.5 Å². The van der Waals surface area contributed by atoms with Gasteiger partial charge in [0.05, 0.1) is 24.3 Å². The van der Waals surface area contributed by atoms with E-state index in [1.54, 1.807) is 67.6 Å². The molecule has 64 heavy (non-hydrogen) atoms. The predicted octanol–water partition coefficient (Wildman–Crippen LogP) is 4.12. The quantitative estimate of drug-likeness (QED) is 0.0369. The van der Waals surface area contributed by atoms with Crippen molar-refractivity contribution in [2.45, 2.75) is 95.5 Å². The maximum Gasteiger partial charge on any atom is 0.339 e. The molecule has 1 fully saturated rings. The number of carboxylic acid groups (broad SMARTS) is 2. The summed E-state index contributed by atoms with van der Waals surface area (Å²) in [6.07, 6.45) is -3.94. The van der Waals surface area contributed by atoms with Crippen LogP contribution in [0.15, 0.2) is 60.7 Å². The topological polar surface area (TPSA) is 257 Å². The molecule has 5 atom stereocenters. The van der Waals surface area contributed by atoms with E-state index in [2.05, 4.69) is 5.32 Å². The number of likely N-dealkylation sites (tertiary alicyclic amines) is 1. The Bertz CT molecular complexity index is 2260. The number of carbonyl (C=O) groups excluding carboxylic acids is 7. The fourth-order valence-electron chi connectivity index (χ4n) is 7.27. The number of carbonyl (C=O) groups is 9. The van der Waals surface area contributed by atoms with Crippen molar-refractivity contribution in [3.8, 4) is 0 Å². The minimum Gasteiger partial charge on any atom is -0.481 e. The Morgan fingerprint density at radius 1 is 0.797 bits per heavy atom. The second kappa shape index (κ2) is 23.0. The molecule has 6 N–H and O–H groups in total. The van der Waals surface area contributed by atoms with E-state index in [-0.39, 0.29) is 32.4 Å². The molecule has 1 heterocycles. The first-order valence-electron chi connectivity index (χ1n) is 20.2. The van der Waals surface area contributed by atoms with Gasteiger partial charge in [-0.2, -0.15) is 0 Å². The van der Waals surface area contributed by atoms with E-state index in [0.717, 1.165) is 4.90 Å². The molecule has 342 valence electrons. The number of hydrogen-bond donors (Lipinski definition) is 5. The maximum absolute atomic E-state index is 15.0. The number of benzene rings is 3. The summed E-state index contributed by atoms with van der Waals surface area (Å²) in [7, 11) is 0. The van der Waals surface area contributed by atoms with Gasteiger partial charge < -0.3 is 36.2 Å². The third-order valence-electron chi connectivity index (χ3n) is 10.5. The number of nitrogens with zero attached hydrogens (tertiary/aromatic N) is 1. The molecule has 0 radical (unpaired) electrons. The second-order valence-electron chi connectivity index (χ2n) is 15.0. The van der Waals surface area contributed by atoms with E-state index in [9.17, 15) is 70.9 Å². The largest absolute Gasteiger partial charge is 0.481 e. The number of carboxylic acids is 2. The van der Waals surface area contributed by atoms with Crippen molar-refractivity contribution in [3.63, 3.8) is 0 Å². The van der Waals surface area contributed by atoms with Crippen molar-refractivity contribution < 1.29 is 75.7 Å². The molecule has 1 aliphatic heterocycles. The first kappa shape index (κ1) is 49.8. The SMILES string of the molecule is CCCC(CC(=O)[C@@H]1C[C@@H](OCc2ccccc2)CN1C(=O)[C@H](CCCC(=O)O)NC(=O)c1c(F)c(F)c(F)c(F)c1C(=O)O)C(=O)C(=O)CCC(=O)NC(C(N)=O)c1ccccc1. The van der Waals surface area contributed by atoms with Crippen LogP contribution >= 0.6 is 0 Å². The molecular formula is C44H46F4N4O12. The van der Waals surface area contributed by atoms with Gasteiger partial charge in [-0.1, -0.05) is 74.0 Å². The van der Waals surface area contributed by atoms with Crippen molar-refractivity contribution >= 4 is 52.9 Å². The number of ketones is 3. The Kier molecular flexibility index (Phi) is 17.9. The number of aromatic carboxylic acids is 1. The lowest BCUT2D eigenvalue weighted by atomic mass is 9.87. The lowest BCUT2D eigenvalue weighted by Crippen LogP contribution is -2.52. The molecule has 4 rings (SSSR count). The van der Waals surface area contributed by atoms with Gasteiger partial charge in [0.1, 0.15) is 17.6 Å². The normalized spacial score (nSPS) is 16.0. The van der Waals surface area contributed by atoms with Gasteiger partial charge in [0, 0.05) is 44.6 Å². The van der Waals surface area contributed by atoms with Crippen LogP contribution in [0.4, 0.5) is 17.6 Å². The third-order valence-corrected chi connectivity index (χ3v) is 10.5. The average molecular weight is 899 g/mol. The van der Waals surface area contributed by atoms with Gasteiger partial charge in [0.15, 0.2) is 34.8 Å². The van der Waals surface area contributed by atoms with Crippen LogP contribution in [0.5, 0.6) is 0 Å². The Hall–Kier alpha value is -6.83. The highest BCUT2D eigenvalue weighted by molar-refractivity contribution is 6.38. The van der Waals surface area contributed by atoms with E-state index < -0.39 is 150 Å². The van der Waals surface area contributed by atoms with Crippen molar-refractivity contribution in [2.75, 3.05) is 6.54 Å². The maximum atomic E-state index is 15.0. The highest BCUT2D eigenvalue weighted by Crippen LogP contribution is 2.29. The Balaban J connectivity index is 1.59. The molecule has 1 saturated heterocycles. The van der Waals surface area contributed by atoms with E-state index in [1.165, 1.54) is 0 Å². The molecule has 1 aliphatic rings. The fourth-order valence-corrected chi connectivity index (χ4v) is 7.27. The summed E-state index contributed by atoms with van der Waals surface area (Å²) >= 11 is 0. The Labute approximate surface area is 363 Å². The van der Waals surface area contributed by atoms with Crippen LogP contribution in [-0.4, -0.2) is 92.8 Å². The summed E-state index contributed by atoms with van der Waals surface area (Å²) in [4.78, 5) is 118. The number of hydrogen-bond acceptors (Lipinski definition) is 10. The minimum atomic E-state index is -2.53. The van der Waals surface area contributed by atoms with Crippen LogP contribution in [-0.2, 0) is 44.9 Å². The molecule has 20 heteroatoms. The van der Waals surface area contributed by atoms with Gasteiger partial charge in [-0.3, -0.25) is 38.4 Å². The molecule has 4 amide bonds. The van der Waals surface area contributed by atoms with Gasteiger partial charge in [-0.05, 0) is 30.4 Å². The van der Waals surface area contributed by atoms with Gasteiger partial charge in [-0.15, -0.1) is 0 Å². The first-order valence-corrected chi connectivity index (χ1v) is 20.2. The fraction of sp³-hybridized carbons (Fsp3) is 0.386. The van der Waals surface area contributed by atoms with Crippen LogP contribution in [0.25, 0.3) is 0 Å². The summed E-state index contributed by atoms with van der Waals surface area (Å²) in [5.41, 5.74) is 2.85. The van der Waals surface area contributed by atoms with Crippen molar-refractivity contribution in [1.82, 2.24) is 15.5 Å². The van der Waals surface area contributed by atoms with E-state index in [4.69, 9.17) is 10.5 Å². The zero-order chi connectivity index (χ0) is 47.2. The number of amides is 4. The second-order valence-corrected chi connectivity index (χ2v) is 15.0. The summed E-state index contributed by atoms with van der Waals surface area (Å²) in [5.74, 6) is -22.2. The monoisotopic (exact) mass is 898 g/mol. The Morgan fingerprint density at radius 2 is 1.41 bits per heavy atom. The van der Waals surface area contributed by atoms with Crippen molar-refractivity contribution in [2.24, 2.45) is 11.7 Å². The molecule has 3 aromatic rings. The molecular weight excluding hydrogens is 852 g/mol. The first-order chi connectivity index (χ1) is 30.4. The molecule has 0 spiro atoms. The van der Waals surface area contributed by atoms with Gasteiger partial charge in [0.25, 0.3) is 5.91 Å². The molecule has 3 aromatic carbocycles. The Morgan fingerprint density at radius 3 is 1.98 bits per heavy atom. The highest BCUT2D eigenvalue weighted by Gasteiger charge is 2.44. The summed E-state index contributed by atoms with van der Waals surface area (Å²) in [6.45, 7) is 1.32. The van der Waals surface area contributed by atoms with Crippen molar-refractivity contribution in [1.29, 1.82) is 0 Å². The zero-order valence-corrected chi connectivity index (χ0v) is 34.5. The van der Waals surface area contributed by atoms with E-state index in [1.807, 2.05) is 5.32 Å². The van der Waals surface area contributed by atoms with E-state index in [0.29, 0.717) is 17.5 Å². The molecule has 0 bridgehead atoms. The van der Waals surface area contributed by atoms with Crippen LogP contribution in [0.2, 0.25) is 0 Å². The zero-order valence-electron chi connectivity index (χ0n) is 34.5. The smallest absolute Gasteiger partial charge is 0.339 e. The minimum absolute atomic E-state index is 0.00325. The number of nitrogens with one attached hydrogen (secondary N) is 2. The van der Waals surface area contributed by atoms with Crippen LogP contribution in [0, 0.1) is 29.2 Å². The molecule has 16 nitrogen and oxygen atoms in total. The van der Waals surface area contributed by atoms with Crippen LogP contribution < -0.4 is 16.4 Å². The number of Topliss-reactive ketones (excluding diaryl/α,β-unsaturated/α-hetero) is 3. The number of rotatable bonds is 24. The van der Waals surface area contributed by atoms with E-state index >= 15 is 0 Å². The number of aliphatic carboxylic acids is 1. The molecule has 0 aliphatic carbocycles. The standard InChI is InChI=1S/C44H46F4N4O12/c1-2-10-25(40(58)29(53)17-18-31(55)51-39(41(49)59)24-13-7-4-8-14-24)19-30(54)28-20-26(64-22-23-11-5-3-6-12-23)21-52(28)43(61)27(15-9-16-32(56)57)50-42(60)33-34(44(62)63)36(46)38(48)37(47)35(33)45/h3-8,11-14,25-28,39H,2,9-10,15-22H2,1H3,(H2,49,59)(H,50,60)(H,51,55)(H,56,57)(H,62,63)/t25?,26-,27+,28+,39?/m1/s1. The number of primary amides is 1. The summed E-state index contributed by atoms with van der Waals surface area (Å²) in [6, 6.07) is 12.2. The summed E-state index contributed by atoms with van der Waals surface area (Å²) < 4.78 is 63.9. The van der Waals surface area contributed by atoms with Gasteiger partial charge >= 0.3 is 11.9 Å².